The van der Waals surface area contributed by atoms with Gasteiger partial charge in [-0.15, -0.1) is 0 Å². The van der Waals surface area contributed by atoms with E-state index in [1.807, 2.05) is 17.1 Å². The maximum Gasteiger partial charge on any atom is 0.0609 e. The zero-order valence-electron chi connectivity index (χ0n) is 10.3. The SMILES string of the molecule is CCn1cc(CC(O)C2CCC(C)C2)cn1. The average Bonchev–Trinajstić information content (AvgIpc) is 2.87. The van der Waals surface area contributed by atoms with Gasteiger partial charge in [-0.1, -0.05) is 13.3 Å². The largest absolute Gasteiger partial charge is 0.392 e. The molecule has 0 radical (unpaired) electrons. The Morgan fingerprint density at radius 1 is 1.56 bits per heavy atom. The van der Waals surface area contributed by atoms with Crippen LogP contribution in [0.25, 0.3) is 0 Å². The summed E-state index contributed by atoms with van der Waals surface area (Å²) < 4.78 is 1.92. The number of hydrogen-bond donors (Lipinski definition) is 1. The molecule has 1 aliphatic carbocycles. The molecule has 1 heterocycles. The Hall–Kier alpha value is -0.830. The minimum Gasteiger partial charge on any atom is -0.392 e. The molecule has 0 aromatic carbocycles. The van der Waals surface area contributed by atoms with E-state index in [0.29, 0.717) is 5.92 Å². The van der Waals surface area contributed by atoms with E-state index in [1.54, 1.807) is 0 Å². The van der Waals surface area contributed by atoms with Crippen molar-refractivity contribution in [2.45, 2.75) is 52.2 Å². The molecule has 3 nitrogen and oxygen atoms in total. The molecule has 1 N–H and O–H groups in total. The van der Waals surface area contributed by atoms with Gasteiger partial charge in [0.05, 0.1) is 12.3 Å². The Labute approximate surface area is 97.5 Å². The number of hydrogen-bond acceptors (Lipinski definition) is 2. The zero-order valence-corrected chi connectivity index (χ0v) is 10.3. The van der Waals surface area contributed by atoms with Crippen molar-refractivity contribution >= 4 is 0 Å². The van der Waals surface area contributed by atoms with E-state index in [9.17, 15) is 5.11 Å². The van der Waals surface area contributed by atoms with Gasteiger partial charge in [0, 0.05) is 19.2 Å². The Morgan fingerprint density at radius 3 is 2.94 bits per heavy atom. The Balaban J connectivity index is 1.89. The van der Waals surface area contributed by atoms with Gasteiger partial charge in [-0.05, 0) is 37.2 Å². The fourth-order valence-electron chi connectivity index (χ4n) is 2.69. The summed E-state index contributed by atoms with van der Waals surface area (Å²) in [5.41, 5.74) is 1.16. The lowest BCUT2D eigenvalue weighted by Crippen LogP contribution is -2.20. The maximum atomic E-state index is 10.2. The van der Waals surface area contributed by atoms with Gasteiger partial charge in [0.1, 0.15) is 0 Å². The number of nitrogens with zero attached hydrogens (tertiary/aromatic N) is 2. The van der Waals surface area contributed by atoms with Gasteiger partial charge in [0.15, 0.2) is 0 Å². The Kier molecular flexibility index (Phi) is 3.64. The van der Waals surface area contributed by atoms with Crippen molar-refractivity contribution in [1.82, 2.24) is 9.78 Å². The van der Waals surface area contributed by atoms with Crippen LogP contribution in [0.3, 0.4) is 0 Å². The molecular weight excluding hydrogens is 200 g/mol. The minimum atomic E-state index is -0.181. The molecule has 0 spiro atoms. The lowest BCUT2D eigenvalue weighted by molar-refractivity contribution is 0.109. The fourth-order valence-corrected chi connectivity index (χ4v) is 2.69. The third kappa shape index (κ3) is 2.64. The quantitative estimate of drug-likeness (QED) is 0.848. The van der Waals surface area contributed by atoms with Gasteiger partial charge in [0.2, 0.25) is 0 Å². The highest BCUT2D eigenvalue weighted by Gasteiger charge is 2.27. The summed E-state index contributed by atoms with van der Waals surface area (Å²) in [7, 11) is 0. The van der Waals surface area contributed by atoms with Gasteiger partial charge >= 0.3 is 0 Å². The molecule has 1 saturated carbocycles. The lowest BCUT2D eigenvalue weighted by atomic mass is 9.95. The van der Waals surface area contributed by atoms with Crippen molar-refractivity contribution in [1.29, 1.82) is 0 Å². The van der Waals surface area contributed by atoms with Gasteiger partial charge in [-0.25, -0.2) is 0 Å². The standard InChI is InChI=1S/C13H22N2O/c1-3-15-9-11(8-14-15)7-13(16)12-5-4-10(2)6-12/h8-10,12-13,16H,3-7H2,1-2H3. The summed E-state index contributed by atoms with van der Waals surface area (Å²) >= 11 is 0. The average molecular weight is 222 g/mol. The lowest BCUT2D eigenvalue weighted by Gasteiger charge is -2.16. The van der Waals surface area contributed by atoms with E-state index in [4.69, 9.17) is 0 Å². The first-order valence-corrected chi connectivity index (χ1v) is 6.38. The number of rotatable bonds is 4. The molecule has 0 bridgehead atoms. The molecule has 0 aliphatic heterocycles. The van der Waals surface area contributed by atoms with E-state index in [1.165, 1.54) is 19.3 Å². The molecule has 1 aromatic heterocycles. The highest BCUT2D eigenvalue weighted by atomic mass is 16.3. The monoisotopic (exact) mass is 222 g/mol. The van der Waals surface area contributed by atoms with Crippen LogP contribution in [-0.2, 0) is 13.0 Å². The van der Waals surface area contributed by atoms with Gasteiger partial charge in [-0.2, -0.15) is 5.10 Å². The van der Waals surface area contributed by atoms with Crippen molar-refractivity contribution in [3.8, 4) is 0 Å². The molecule has 16 heavy (non-hydrogen) atoms. The molecule has 0 saturated heterocycles. The molecule has 3 atom stereocenters. The van der Waals surface area contributed by atoms with E-state index < -0.39 is 0 Å². The van der Waals surface area contributed by atoms with Crippen LogP contribution in [0.4, 0.5) is 0 Å². The summed E-state index contributed by atoms with van der Waals surface area (Å²) in [5, 5.41) is 14.4. The zero-order chi connectivity index (χ0) is 11.5. The van der Waals surface area contributed by atoms with E-state index >= 15 is 0 Å². The van der Waals surface area contributed by atoms with Crippen LogP contribution in [0, 0.1) is 11.8 Å². The van der Waals surface area contributed by atoms with Crippen LogP contribution < -0.4 is 0 Å². The van der Waals surface area contributed by atoms with Crippen LogP contribution in [-0.4, -0.2) is 21.0 Å². The van der Waals surface area contributed by atoms with Crippen LogP contribution in [0.5, 0.6) is 0 Å². The third-order valence-electron chi connectivity index (χ3n) is 3.74. The van der Waals surface area contributed by atoms with Crippen LogP contribution >= 0.6 is 0 Å². The molecule has 3 heteroatoms. The molecule has 1 aliphatic rings. The first-order valence-electron chi connectivity index (χ1n) is 6.38. The van der Waals surface area contributed by atoms with E-state index in [0.717, 1.165) is 24.4 Å². The normalized spacial score (nSPS) is 27.2. The second kappa shape index (κ2) is 5.00. The van der Waals surface area contributed by atoms with Crippen LogP contribution in [0.1, 0.15) is 38.7 Å². The van der Waals surface area contributed by atoms with Gasteiger partial charge in [-0.3, -0.25) is 4.68 Å². The number of aliphatic hydroxyl groups excluding tert-OH is 1. The molecule has 1 aromatic rings. The molecule has 90 valence electrons. The first-order chi connectivity index (χ1) is 7.69. The van der Waals surface area contributed by atoms with Crippen molar-refractivity contribution in [2.75, 3.05) is 0 Å². The van der Waals surface area contributed by atoms with Gasteiger partial charge in [0.25, 0.3) is 0 Å². The maximum absolute atomic E-state index is 10.2. The summed E-state index contributed by atoms with van der Waals surface area (Å²) in [6.07, 6.45) is 8.15. The fraction of sp³-hybridized carbons (Fsp3) is 0.769. The number of aryl methyl sites for hydroxylation is 1. The summed E-state index contributed by atoms with van der Waals surface area (Å²) in [4.78, 5) is 0. The summed E-state index contributed by atoms with van der Waals surface area (Å²) in [6, 6.07) is 0. The van der Waals surface area contributed by atoms with Crippen molar-refractivity contribution in [3.05, 3.63) is 18.0 Å². The predicted molar refractivity (Wildman–Crippen MR) is 64.1 cm³/mol. The molecular formula is C13H22N2O. The molecule has 2 rings (SSSR count). The second-order valence-corrected chi connectivity index (χ2v) is 5.15. The van der Waals surface area contributed by atoms with Crippen LogP contribution in [0.15, 0.2) is 12.4 Å². The van der Waals surface area contributed by atoms with Crippen molar-refractivity contribution in [3.63, 3.8) is 0 Å². The highest BCUT2D eigenvalue weighted by molar-refractivity contribution is 5.06. The van der Waals surface area contributed by atoms with E-state index in [2.05, 4.69) is 18.9 Å². The number of aromatic nitrogens is 2. The molecule has 3 unspecified atom stereocenters. The Morgan fingerprint density at radius 2 is 2.38 bits per heavy atom. The first kappa shape index (κ1) is 11.6. The van der Waals surface area contributed by atoms with Crippen LogP contribution in [0.2, 0.25) is 0 Å². The van der Waals surface area contributed by atoms with Crippen molar-refractivity contribution in [2.24, 2.45) is 11.8 Å². The summed E-state index contributed by atoms with van der Waals surface area (Å²) in [5.74, 6) is 1.29. The van der Waals surface area contributed by atoms with E-state index in [-0.39, 0.29) is 6.10 Å². The highest BCUT2D eigenvalue weighted by Crippen LogP contribution is 2.33. The third-order valence-corrected chi connectivity index (χ3v) is 3.74. The topological polar surface area (TPSA) is 38.0 Å². The summed E-state index contributed by atoms with van der Waals surface area (Å²) in [6.45, 7) is 5.25. The minimum absolute atomic E-state index is 0.181. The Bertz CT molecular complexity index is 334. The molecule has 0 amide bonds. The smallest absolute Gasteiger partial charge is 0.0609 e. The predicted octanol–water partition coefficient (Wildman–Crippen LogP) is 2.24. The van der Waals surface area contributed by atoms with Gasteiger partial charge < -0.3 is 5.11 Å². The number of aliphatic hydroxyl groups is 1. The molecule has 1 fully saturated rings. The van der Waals surface area contributed by atoms with Crippen molar-refractivity contribution < 1.29 is 5.11 Å². The second-order valence-electron chi connectivity index (χ2n) is 5.15.